The van der Waals surface area contributed by atoms with E-state index < -0.39 is 0 Å². The summed E-state index contributed by atoms with van der Waals surface area (Å²) in [6.07, 6.45) is 3.26. The first-order valence-electron chi connectivity index (χ1n) is 6.08. The SMILES string of the molecule is Cn1nccc1Cn1cnc2c1c(=O)n(C)c(=O)n2C. The molecule has 0 aliphatic rings. The molecule has 0 N–H and O–H groups in total. The first-order valence-corrected chi connectivity index (χ1v) is 6.08. The molecule has 0 bridgehead atoms. The fourth-order valence-electron chi connectivity index (χ4n) is 2.25. The summed E-state index contributed by atoms with van der Waals surface area (Å²) in [7, 11) is 4.90. The topological polar surface area (TPSA) is 79.6 Å². The Morgan fingerprint density at radius 2 is 1.90 bits per heavy atom. The fraction of sp³-hybridized carbons (Fsp3) is 0.333. The number of fused-ring (bicyclic) bond motifs is 1. The van der Waals surface area contributed by atoms with Crippen LogP contribution in [0.15, 0.2) is 28.2 Å². The maximum atomic E-state index is 12.3. The molecular weight excluding hydrogens is 260 g/mol. The number of hydrogen-bond donors (Lipinski definition) is 0. The van der Waals surface area contributed by atoms with Crippen molar-refractivity contribution in [2.75, 3.05) is 0 Å². The van der Waals surface area contributed by atoms with Gasteiger partial charge in [0.25, 0.3) is 5.56 Å². The van der Waals surface area contributed by atoms with E-state index in [-0.39, 0.29) is 11.2 Å². The van der Waals surface area contributed by atoms with Crippen LogP contribution in [0.2, 0.25) is 0 Å². The lowest BCUT2D eigenvalue weighted by atomic mass is 10.4. The van der Waals surface area contributed by atoms with Crippen molar-refractivity contribution < 1.29 is 0 Å². The molecule has 0 unspecified atom stereocenters. The van der Waals surface area contributed by atoms with Crippen LogP contribution < -0.4 is 11.2 Å². The van der Waals surface area contributed by atoms with Crippen molar-refractivity contribution in [3.63, 3.8) is 0 Å². The van der Waals surface area contributed by atoms with E-state index in [4.69, 9.17) is 0 Å². The van der Waals surface area contributed by atoms with E-state index in [1.54, 1.807) is 28.8 Å². The van der Waals surface area contributed by atoms with Gasteiger partial charge in [-0.1, -0.05) is 0 Å². The third kappa shape index (κ3) is 1.61. The standard InChI is InChI=1S/C12H14N6O2/c1-15-10-9(11(19)16(2)12(15)20)18(7-13-10)6-8-4-5-14-17(8)3/h4-5,7H,6H2,1-3H3. The Morgan fingerprint density at radius 1 is 1.15 bits per heavy atom. The Hall–Kier alpha value is -2.64. The second kappa shape index (κ2) is 4.19. The van der Waals surface area contributed by atoms with Gasteiger partial charge in [-0.3, -0.25) is 18.6 Å². The number of imidazole rings is 1. The van der Waals surface area contributed by atoms with Crippen molar-refractivity contribution in [2.24, 2.45) is 21.1 Å². The minimum absolute atomic E-state index is 0.345. The Bertz CT molecular complexity index is 910. The van der Waals surface area contributed by atoms with Gasteiger partial charge < -0.3 is 4.57 Å². The summed E-state index contributed by atoms with van der Waals surface area (Å²) in [5.74, 6) is 0. The quantitative estimate of drug-likeness (QED) is 0.614. The molecule has 20 heavy (non-hydrogen) atoms. The molecule has 0 amide bonds. The van der Waals surface area contributed by atoms with Crippen LogP contribution >= 0.6 is 0 Å². The molecule has 3 aromatic rings. The molecule has 0 saturated carbocycles. The van der Waals surface area contributed by atoms with E-state index in [9.17, 15) is 9.59 Å². The summed E-state index contributed by atoms with van der Waals surface area (Å²) in [4.78, 5) is 28.3. The van der Waals surface area contributed by atoms with Gasteiger partial charge in [0, 0.05) is 27.3 Å². The average Bonchev–Trinajstić information content (AvgIpc) is 3.02. The number of nitrogens with zero attached hydrogens (tertiary/aromatic N) is 6. The van der Waals surface area contributed by atoms with Gasteiger partial charge in [0.15, 0.2) is 11.2 Å². The highest BCUT2D eigenvalue weighted by Crippen LogP contribution is 2.08. The van der Waals surface area contributed by atoms with Crippen LogP contribution in [0.5, 0.6) is 0 Å². The van der Waals surface area contributed by atoms with E-state index in [1.807, 2.05) is 13.1 Å². The van der Waals surface area contributed by atoms with Gasteiger partial charge in [-0.15, -0.1) is 0 Å². The van der Waals surface area contributed by atoms with Crippen molar-refractivity contribution in [3.8, 4) is 0 Å². The minimum atomic E-state index is -0.381. The van der Waals surface area contributed by atoms with Crippen molar-refractivity contribution in [1.29, 1.82) is 0 Å². The molecule has 8 nitrogen and oxygen atoms in total. The highest BCUT2D eigenvalue weighted by molar-refractivity contribution is 5.70. The van der Waals surface area contributed by atoms with Crippen molar-refractivity contribution in [2.45, 2.75) is 6.54 Å². The van der Waals surface area contributed by atoms with Crippen molar-refractivity contribution >= 4 is 11.2 Å². The zero-order valence-electron chi connectivity index (χ0n) is 11.4. The fourth-order valence-corrected chi connectivity index (χ4v) is 2.25. The average molecular weight is 274 g/mol. The van der Waals surface area contributed by atoms with Gasteiger partial charge >= 0.3 is 5.69 Å². The lowest BCUT2D eigenvalue weighted by molar-refractivity contribution is 0.667. The minimum Gasteiger partial charge on any atom is -0.319 e. The Labute approximate surface area is 113 Å². The largest absolute Gasteiger partial charge is 0.332 e. The van der Waals surface area contributed by atoms with Crippen LogP contribution in [0, 0.1) is 0 Å². The molecule has 0 aliphatic carbocycles. The third-order valence-electron chi connectivity index (χ3n) is 3.47. The van der Waals surface area contributed by atoms with E-state index in [0.29, 0.717) is 17.7 Å². The Kier molecular flexibility index (Phi) is 2.60. The molecule has 104 valence electrons. The van der Waals surface area contributed by atoms with Gasteiger partial charge in [-0.25, -0.2) is 9.78 Å². The number of aryl methyl sites for hydroxylation is 2. The summed E-state index contributed by atoms with van der Waals surface area (Å²) in [5, 5.41) is 4.09. The molecule has 3 aromatic heterocycles. The lowest BCUT2D eigenvalue weighted by Gasteiger charge is -2.06. The summed E-state index contributed by atoms with van der Waals surface area (Å²) in [6.45, 7) is 0.473. The smallest absolute Gasteiger partial charge is 0.319 e. The van der Waals surface area contributed by atoms with Crippen LogP contribution in [-0.2, 0) is 27.7 Å². The maximum Gasteiger partial charge on any atom is 0.332 e. The number of hydrogen-bond acceptors (Lipinski definition) is 4. The van der Waals surface area contributed by atoms with Gasteiger partial charge in [0.05, 0.1) is 18.6 Å². The predicted octanol–water partition coefficient (Wildman–Crippen LogP) is -0.784. The number of aromatic nitrogens is 6. The van der Waals surface area contributed by atoms with Gasteiger partial charge in [-0.05, 0) is 6.07 Å². The molecule has 0 fully saturated rings. The van der Waals surface area contributed by atoms with Crippen LogP contribution in [0.4, 0.5) is 0 Å². The second-order valence-electron chi connectivity index (χ2n) is 4.70. The van der Waals surface area contributed by atoms with Crippen LogP contribution in [-0.4, -0.2) is 28.5 Å². The highest BCUT2D eigenvalue weighted by Gasteiger charge is 2.14. The van der Waals surface area contributed by atoms with Crippen LogP contribution in [0.3, 0.4) is 0 Å². The summed E-state index contributed by atoms with van der Waals surface area (Å²) < 4.78 is 5.92. The molecule has 0 radical (unpaired) electrons. The van der Waals surface area contributed by atoms with Gasteiger partial charge in [0.1, 0.15) is 0 Å². The maximum absolute atomic E-state index is 12.3. The van der Waals surface area contributed by atoms with E-state index in [2.05, 4.69) is 10.1 Å². The monoisotopic (exact) mass is 274 g/mol. The van der Waals surface area contributed by atoms with Gasteiger partial charge in [-0.2, -0.15) is 5.10 Å². The molecular formula is C12H14N6O2. The molecule has 0 saturated heterocycles. The van der Waals surface area contributed by atoms with Gasteiger partial charge in [0.2, 0.25) is 0 Å². The summed E-state index contributed by atoms with van der Waals surface area (Å²) in [5.41, 5.74) is 1.02. The van der Waals surface area contributed by atoms with E-state index >= 15 is 0 Å². The van der Waals surface area contributed by atoms with Crippen molar-refractivity contribution in [3.05, 3.63) is 45.1 Å². The first kappa shape index (κ1) is 12.4. The van der Waals surface area contributed by atoms with E-state index in [0.717, 1.165) is 10.3 Å². The molecule has 3 rings (SSSR count). The first-order chi connectivity index (χ1) is 9.50. The summed E-state index contributed by atoms with van der Waals surface area (Å²) >= 11 is 0. The Balaban J connectivity index is 2.27. The molecule has 3 heterocycles. The van der Waals surface area contributed by atoms with Crippen LogP contribution in [0.25, 0.3) is 11.2 Å². The zero-order chi connectivity index (χ0) is 14.4. The predicted molar refractivity (Wildman–Crippen MR) is 72.5 cm³/mol. The molecule has 0 aromatic carbocycles. The summed E-state index contributed by atoms with van der Waals surface area (Å²) in [6, 6.07) is 1.87. The zero-order valence-corrected chi connectivity index (χ0v) is 11.4. The lowest BCUT2D eigenvalue weighted by Crippen LogP contribution is -2.37. The van der Waals surface area contributed by atoms with Crippen molar-refractivity contribution in [1.82, 2.24) is 28.5 Å². The molecule has 8 heteroatoms. The molecule has 0 aliphatic heterocycles. The molecule has 0 atom stereocenters. The van der Waals surface area contributed by atoms with E-state index in [1.165, 1.54) is 11.6 Å². The Morgan fingerprint density at radius 3 is 2.55 bits per heavy atom. The second-order valence-corrected chi connectivity index (χ2v) is 4.70. The van der Waals surface area contributed by atoms with Crippen LogP contribution in [0.1, 0.15) is 5.69 Å². The normalized spacial score (nSPS) is 11.3. The number of rotatable bonds is 2. The highest BCUT2D eigenvalue weighted by atomic mass is 16.2. The molecule has 0 spiro atoms. The third-order valence-corrected chi connectivity index (χ3v) is 3.47.